The predicted octanol–water partition coefficient (Wildman–Crippen LogP) is 10.8. The third-order valence-electron chi connectivity index (χ3n) is 12.9. The van der Waals surface area contributed by atoms with Gasteiger partial charge >= 0.3 is 0 Å². The van der Waals surface area contributed by atoms with E-state index < -0.39 is 31.1 Å². The highest BCUT2D eigenvalue weighted by Crippen LogP contribution is 2.51. The van der Waals surface area contributed by atoms with Crippen LogP contribution in [0.1, 0.15) is 51.7 Å². The molecule has 0 bridgehead atoms. The molecule has 0 fully saturated rings. The average Bonchev–Trinajstić information content (AvgIpc) is 3.79. The Hall–Kier alpha value is -6.11. The zero-order chi connectivity index (χ0) is 43.9. The van der Waals surface area contributed by atoms with Gasteiger partial charge in [0.2, 0.25) is 5.69 Å². The molecular formula is C51H47N3O6S2. The number of hydrogen-bond donors (Lipinski definition) is 1. The van der Waals surface area contributed by atoms with Gasteiger partial charge in [0, 0.05) is 52.9 Å². The highest BCUT2D eigenvalue weighted by molar-refractivity contribution is 7.86. The summed E-state index contributed by atoms with van der Waals surface area (Å²) in [5.41, 5.74) is 11.0. The van der Waals surface area contributed by atoms with Crippen LogP contribution in [-0.2, 0) is 31.1 Å². The minimum Gasteiger partial charge on any atom is -0.744 e. The van der Waals surface area contributed by atoms with Crippen molar-refractivity contribution in [3.05, 3.63) is 179 Å². The molecule has 0 aromatic heterocycles. The topological polar surface area (TPSA) is 121 Å². The van der Waals surface area contributed by atoms with Crippen molar-refractivity contribution >= 4 is 70.2 Å². The van der Waals surface area contributed by atoms with Crippen LogP contribution in [0.2, 0.25) is 0 Å². The highest BCUT2D eigenvalue weighted by atomic mass is 32.2. The smallest absolute Gasteiger partial charge is 0.294 e. The molecule has 6 aromatic rings. The van der Waals surface area contributed by atoms with Gasteiger partial charge in [-0.05, 0) is 132 Å². The summed E-state index contributed by atoms with van der Waals surface area (Å²) in [5.74, 6) is 0. The Labute approximate surface area is 363 Å². The van der Waals surface area contributed by atoms with Gasteiger partial charge in [0.25, 0.3) is 10.1 Å². The van der Waals surface area contributed by atoms with E-state index in [1.807, 2.05) is 36.4 Å². The number of fused-ring (bicyclic) bond motifs is 6. The zero-order valence-electron chi connectivity index (χ0n) is 35.4. The van der Waals surface area contributed by atoms with Gasteiger partial charge < -0.3 is 14.4 Å². The van der Waals surface area contributed by atoms with Crippen molar-refractivity contribution in [3.63, 3.8) is 0 Å². The number of benzene rings is 6. The quantitative estimate of drug-likeness (QED) is 0.119. The fourth-order valence-corrected chi connectivity index (χ4v) is 11.0. The number of rotatable bonds is 8. The van der Waals surface area contributed by atoms with Gasteiger partial charge in [-0.1, -0.05) is 80.6 Å². The molecule has 0 unspecified atom stereocenters. The van der Waals surface area contributed by atoms with Crippen LogP contribution < -0.4 is 9.80 Å². The maximum atomic E-state index is 12.0. The van der Waals surface area contributed by atoms with E-state index in [2.05, 4.69) is 129 Å². The highest BCUT2D eigenvalue weighted by Gasteiger charge is 2.45. The van der Waals surface area contributed by atoms with Crippen molar-refractivity contribution in [2.24, 2.45) is 0 Å². The second kappa shape index (κ2) is 14.8. The number of likely N-dealkylation sites (N-methyl/N-ethyl adjacent to an activating group) is 1. The molecule has 0 amide bonds. The van der Waals surface area contributed by atoms with Crippen molar-refractivity contribution in [2.75, 3.05) is 23.9 Å². The number of hydrogen-bond acceptors (Lipinski definition) is 7. The van der Waals surface area contributed by atoms with Gasteiger partial charge in [0.1, 0.15) is 17.2 Å². The summed E-state index contributed by atoms with van der Waals surface area (Å²) in [7, 11) is -4.82. The van der Waals surface area contributed by atoms with Crippen LogP contribution in [0.3, 0.4) is 0 Å². The van der Waals surface area contributed by atoms with Gasteiger partial charge in [-0.2, -0.15) is 13.0 Å². The number of nitrogens with zero attached hydrogens (tertiary/aromatic N) is 3. The first-order chi connectivity index (χ1) is 29.4. The monoisotopic (exact) mass is 861 g/mol. The lowest BCUT2D eigenvalue weighted by Gasteiger charge is -2.29. The standard InChI is InChI=1S/C51H47N3O6S2/c1-50(2)45(52(5)43-27-19-35-31-39(61(55,56)57)23-25-41(35)47(43)50)29-21-33-17-18-34(49(33)54(37-13-9-7-10-14-37)38-15-11-8-12-16-38)22-30-46-51(3,4)48-42-26-24-40(62(58,59)60)32-36(42)20-28-44(48)53(46)6/h7-16,19-32H,17-18H2,1-6H3,(H-,55,56,57,58,59,60). The molecule has 0 radical (unpaired) electrons. The second-order valence-electron chi connectivity index (χ2n) is 17.3. The number of allylic oxidation sites excluding steroid dienone is 7. The van der Waals surface area contributed by atoms with E-state index in [0.29, 0.717) is 5.39 Å². The molecule has 9 rings (SSSR count). The van der Waals surface area contributed by atoms with E-state index in [1.54, 1.807) is 12.1 Å². The number of anilines is 3. The van der Waals surface area contributed by atoms with Gasteiger partial charge in [-0.3, -0.25) is 4.55 Å². The van der Waals surface area contributed by atoms with Crippen LogP contribution in [0, 0.1) is 0 Å². The predicted molar refractivity (Wildman–Crippen MR) is 248 cm³/mol. The fourth-order valence-electron chi connectivity index (χ4n) is 10.0. The Balaban J connectivity index is 1.17. The van der Waals surface area contributed by atoms with Crippen LogP contribution in [-0.4, -0.2) is 50.3 Å². The lowest BCUT2D eigenvalue weighted by Crippen LogP contribution is -2.27. The van der Waals surface area contributed by atoms with Crippen molar-refractivity contribution in [2.45, 2.75) is 61.2 Å². The lowest BCUT2D eigenvalue weighted by molar-refractivity contribution is -0.401. The molecule has 0 saturated heterocycles. The molecule has 1 N–H and O–H groups in total. The largest absolute Gasteiger partial charge is 0.744 e. The van der Waals surface area contributed by atoms with E-state index >= 15 is 0 Å². The van der Waals surface area contributed by atoms with Crippen molar-refractivity contribution in [1.29, 1.82) is 0 Å². The molecule has 314 valence electrons. The first kappa shape index (κ1) is 41.3. The molecule has 0 saturated carbocycles. The molecule has 1 aliphatic carbocycles. The lowest BCUT2D eigenvalue weighted by atomic mass is 9.79. The Morgan fingerprint density at radius 3 is 1.89 bits per heavy atom. The molecule has 3 aliphatic rings. The SMILES string of the molecule is CN1C(=CC=C2CCC(C=CC3=[N+](C)c4ccc5cc(S(=O)(=O)O)ccc5c4C3(C)C)=C2N(c2ccccc2)c2ccccc2)C(C)(C)c2c1ccc1cc(S(=O)(=O)[O-])ccc21. The van der Waals surface area contributed by atoms with E-state index in [-0.39, 0.29) is 9.79 Å². The normalized spacial score (nSPS) is 18.5. The zero-order valence-corrected chi connectivity index (χ0v) is 37.1. The average molecular weight is 862 g/mol. The summed E-state index contributed by atoms with van der Waals surface area (Å²) in [6.07, 6.45) is 10.6. The first-order valence-electron chi connectivity index (χ1n) is 20.5. The summed E-state index contributed by atoms with van der Waals surface area (Å²) < 4.78 is 71.6. The van der Waals surface area contributed by atoms with Crippen molar-refractivity contribution < 1.29 is 30.5 Å². The van der Waals surface area contributed by atoms with Gasteiger partial charge in [-0.25, -0.2) is 8.42 Å². The third-order valence-corrected chi connectivity index (χ3v) is 14.6. The third kappa shape index (κ3) is 6.80. The van der Waals surface area contributed by atoms with Crippen LogP contribution in [0.15, 0.2) is 178 Å². The Bertz CT molecular complexity index is 3220. The molecule has 2 aliphatic heterocycles. The maximum absolute atomic E-state index is 12.0. The molecule has 6 aromatic carbocycles. The van der Waals surface area contributed by atoms with E-state index in [4.69, 9.17) is 0 Å². The Kier molecular flexibility index (Phi) is 9.83. The van der Waals surface area contributed by atoms with Crippen LogP contribution in [0.5, 0.6) is 0 Å². The summed E-state index contributed by atoms with van der Waals surface area (Å²) in [5, 5.41) is 3.29. The number of para-hydroxylation sites is 2. The molecule has 2 heterocycles. The molecule has 11 heteroatoms. The van der Waals surface area contributed by atoms with E-state index in [0.717, 1.165) is 80.0 Å². The summed E-state index contributed by atoms with van der Waals surface area (Å²) in [6.45, 7) is 8.75. The van der Waals surface area contributed by atoms with E-state index in [9.17, 15) is 25.9 Å². The van der Waals surface area contributed by atoms with Crippen LogP contribution in [0.4, 0.5) is 22.7 Å². The van der Waals surface area contributed by atoms with Crippen molar-refractivity contribution in [3.8, 4) is 0 Å². The van der Waals surface area contributed by atoms with Crippen LogP contribution >= 0.6 is 0 Å². The summed E-state index contributed by atoms with van der Waals surface area (Å²) in [6, 6.07) is 38.0. The van der Waals surface area contributed by atoms with Gasteiger partial charge in [0.15, 0.2) is 5.71 Å². The fraction of sp³-hybridized carbons (Fsp3) is 0.196. The van der Waals surface area contributed by atoms with Gasteiger partial charge in [0.05, 0.1) is 20.9 Å². The van der Waals surface area contributed by atoms with Crippen molar-refractivity contribution in [1.82, 2.24) is 0 Å². The van der Waals surface area contributed by atoms with E-state index in [1.165, 1.54) is 35.4 Å². The Morgan fingerprint density at radius 2 is 1.27 bits per heavy atom. The molecular weight excluding hydrogens is 815 g/mol. The molecule has 0 spiro atoms. The second-order valence-corrected chi connectivity index (χ2v) is 20.1. The minimum atomic E-state index is -4.60. The first-order valence-corrected chi connectivity index (χ1v) is 23.4. The van der Waals surface area contributed by atoms with Crippen LogP contribution in [0.25, 0.3) is 21.5 Å². The summed E-state index contributed by atoms with van der Waals surface area (Å²) >= 11 is 0. The molecule has 62 heavy (non-hydrogen) atoms. The minimum absolute atomic E-state index is 0.129. The summed E-state index contributed by atoms with van der Waals surface area (Å²) in [4.78, 5) is 4.18. The Morgan fingerprint density at radius 1 is 0.694 bits per heavy atom. The molecule has 9 nitrogen and oxygen atoms in total. The maximum Gasteiger partial charge on any atom is 0.294 e. The molecule has 0 atom stereocenters. The van der Waals surface area contributed by atoms with Gasteiger partial charge in [-0.15, -0.1) is 0 Å².